The number of nitrogens with zero attached hydrogens (tertiary/aromatic N) is 3. The van der Waals surface area contributed by atoms with Crippen molar-refractivity contribution in [2.24, 2.45) is 5.73 Å². The van der Waals surface area contributed by atoms with Gasteiger partial charge in [-0.05, 0) is 43.2 Å². The number of hydrogen-bond donors (Lipinski definition) is 3. The molecule has 0 saturated heterocycles. The summed E-state index contributed by atoms with van der Waals surface area (Å²) in [7, 11) is 3.86. The first-order valence-corrected chi connectivity index (χ1v) is 12.5. The average Bonchev–Trinajstić information content (AvgIpc) is 2.89. The lowest BCUT2D eigenvalue weighted by Gasteiger charge is -2.37. The summed E-state index contributed by atoms with van der Waals surface area (Å²) in [4.78, 5) is 48.3. The lowest BCUT2D eigenvalue weighted by molar-refractivity contribution is -0.133. The van der Waals surface area contributed by atoms with Gasteiger partial charge in [-0.15, -0.1) is 0 Å². The molecule has 9 nitrogen and oxygen atoms in total. The van der Waals surface area contributed by atoms with Crippen LogP contribution in [-0.2, 0) is 27.3 Å². The van der Waals surface area contributed by atoms with Crippen LogP contribution < -0.4 is 26.2 Å². The summed E-state index contributed by atoms with van der Waals surface area (Å²) in [6.07, 6.45) is 2.01. The van der Waals surface area contributed by atoms with Crippen molar-refractivity contribution in [3.05, 3.63) is 89.7 Å². The molecule has 1 aliphatic rings. The lowest BCUT2D eigenvalue weighted by atomic mass is 9.94. The van der Waals surface area contributed by atoms with Gasteiger partial charge in [0, 0.05) is 26.7 Å². The zero-order valence-corrected chi connectivity index (χ0v) is 22.1. The number of carbonyl (C=O) groups is 3. The molecule has 9 heteroatoms. The van der Waals surface area contributed by atoms with Crippen molar-refractivity contribution >= 4 is 29.1 Å². The molecule has 0 bridgehead atoms. The molecule has 0 saturated carbocycles. The number of para-hydroxylation sites is 1. The Morgan fingerprint density at radius 1 is 1.08 bits per heavy atom. The Morgan fingerprint density at radius 2 is 1.79 bits per heavy atom. The molecule has 2 atom stereocenters. The Hall–Kier alpha value is -4.24. The molecule has 0 spiro atoms. The maximum atomic E-state index is 13.9. The summed E-state index contributed by atoms with van der Waals surface area (Å²) in [6, 6.07) is 18.5. The number of pyridine rings is 1. The first-order chi connectivity index (χ1) is 18.1. The van der Waals surface area contributed by atoms with Gasteiger partial charge in [0.25, 0.3) is 0 Å². The summed E-state index contributed by atoms with van der Waals surface area (Å²) in [5.74, 6) is -1.21. The second-order valence-electron chi connectivity index (χ2n) is 10.2. The van der Waals surface area contributed by atoms with Crippen LogP contribution in [0.2, 0.25) is 0 Å². The van der Waals surface area contributed by atoms with Gasteiger partial charge in [-0.3, -0.25) is 19.4 Å². The van der Waals surface area contributed by atoms with Crippen LogP contribution in [0.15, 0.2) is 72.9 Å². The van der Waals surface area contributed by atoms with Crippen molar-refractivity contribution in [1.29, 1.82) is 0 Å². The van der Waals surface area contributed by atoms with Crippen molar-refractivity contribution in [2.75, 3.05) is 23.9 Å². The van der Waals surface area contributed by atoms with Crippen LogP contribution >= 0.6 is 0 Å². The van der Waals surface area contributed by atoms with E-state index in [1.807, 2.05) is 61.5 Å². The van der Waals surface area contributed by atoms with E-state index in [1.165, 1.54) is 0 Å². The van der Waals surface area contributed by atoms with Crippen LogP contribution in [0.5, 0.6) is 0 Å². The van der Waals surface area contributed by atoms with Crippen molar-refractivity contribution in [3.63, 3.8) is 0 Å². The Kier molecular flexibility index (Phi) is 7.78. The van der Waals surface area contributed by atoms with Gasteiger partial charge in [0.05, 0.1) is 29.2 Å². The van der Waals surface area contributed by atoms with Crippen LogP contribution in [-0.4, -0.2) is 48.4 Å². The third-order valence-electron chi connectivity index (χ3n) is 6.46. The molecule has 2 heterocycles. The van der Waals surface area contributed by atoms with Crippen molar-refractivity contribution < 1.29 is 14.4 Å². The molecule has 2 aromatic carbocycles. The molecule has 3 aromatic rings. The quantitative estimate of drug-likeness (QED) is 0.424. The van der Waals surface area contributed by atoms with E-state index in [-0.39, 0.29) is 12.5 Å². The smallest absolute Gasteiger partial charge is 0.250 e. The molecule has 1 aliphatic heterocycles. The number of carbonyl (C=O) groups excluding carboxylic acids is 3. The fourth-order valence-electron chi connectivity index (χ4n) is 4.46. The van der Waals surface area contributed by atoms with E-state index in [0.717, 1.165) is 22.6 Å². The van der Waals surface area contributed by atoms with Gasteiger partial charge < -0.3 is 26.2 Å². The predicted molar refractivity (Wildman–Crippen MR) is 147 cm³/mol. The zero-order chi connectivity index (χ0) is 27.4. The second-order valence-corrected chi connectivity index (χ2v) is 10.2. The molecule has 1 aromatic heterocycles. The number of hydrogen-bond acceptors (Lipinski definition) is 6. The minimum Gasteiger partial charge on any atom is -0.376 e. The summed E-state index contributed by atoms with van der Waals surface area (Å²) >= 11 is 0. The average molecular weight is 515 g/mol. The molecule has 0 radical (unpaired) electrons. The van der Waals surface area contributed by atoms with Gasteiger partial charge in [0.15, 0.2) is 0 Å². The minimum absolute atomic E-state index is 0.247. The van der Waals surface area contributed by atoms with Crippen LogP contribution in [0.25, 0.3) is 0 Å². The van der Waals surface area contributed by atoms with Crippen molar-refractivity contribution in [1.82, 2.24) is 15.6 Å². The fraction of sp³-hybridized carbons (Fsp3) is 0.310. The molecular formula is C29H34N6O3. The maximum Gasteiger partial charge on any atom is 0.250 e. The van der Waals surface area contributed by atoms with Crippen LogP contribution in [0, 0.1) is 0 Å². The van der Waals surface area contributed by atoms with E-state index in [1.54, 1.807) is 49.2 Å². The number of benzene rings is 2. The highest BCUT2D eigenvalue weighted by Gasteiger charge is 2.38. The van der Waals surface area contributed by atoms with Gasteiger partial charge >= 0.3 is 0 Å². The van der Waals surface area contributed by atoms with Crippen molar-refractivity contribution in [3.8, 4) is 0 Å². The van der Waals surface area contributed by atoms with Gasteiger partial charge in [-0.1, -0.05) is 48.5 Å². The summed E-state index contributed by atoms with van der Waals surface area (Å²) in [5.41, 5.74) is 8.75. The predicted octanol–water partition coefficient (Wildman–Crippen LogP) is 2.32. The highest BCUT2D eigenvalue weighted by atomic mass is 16.2. The number of nitrogens with two attached hydrogens (primary N) is 1. The second kappa shape index (κ2) is 11.0. The molecule has 0 aliphatic carbocycles. The van der Waals surface area contributed by atoms with E-state index < -0.39 is 29.4 Å². The van der Waals surface area contributed by atoms with Gasteiger partial charge in [0.1, 0.15) is 12.1 Å². The Balaban J connectivity index is 1.67. The number of fused-ring (bicyclic) bond motifs is 1. The zero-order valence-electron chi connectivity index (χ0n) is 22.1. The largest absolute Gasteiger partial charge is 0.376 e. The number of nitrogens with one attached hydrogen (secondary N) is 2. The number of amides is 3. The normalized spacial score (nSPS) is 15.9. The molecule has 38 heavy (non-hydrogen) atoms. The SMILES string of the molecule is CN(C)c1cccc2c1N(Cc1ccccn1)C(=O)C(NC(=O)C(NC(=O)C(C)(C)N)c1ccccc1)C2. The first-order valence-electron chi connectivity index (χ1n) is 12.5. The fourth-order valence-corrected chi connectivity index (χ4v) is 4.46. The first kappa shape index (κ1) is 26.8. The third-order valence-corrected chi connectivity index (χ3v) is 6.46. The molecule has 2 unspecified atom stereocenters. The van der Waals surface area contributed by atoms with E-state index >= 15 is 0 Å². The lowest BCUT2D eigenvalue weighted by Crippen LogP contribution is -2.57. The van der Waals surface area contributed by atoms with Crippen LogP contribution in [0.4, 0.5) is 11.4 Å². The van der Waals surface area contributed by atoms with Gasteiger partial charge in [-0.2, -0.15) is 0 Å². The Morgan fingerprint density at radius 3 is 2.42 bits per heavy atom. The molecule has 4 N–H and O–H groups in total. The summed E-state index contributed by atoms with van der Waals surface area (Å²) in [5, 5.41) is 5.66. The Labute approximate surface area is 223 Å². The number of anilines is 2. The summed E-state index contributed by atoms with van der Waals surface area (Å²) < 4.78 is 0. The summed E-state index contributed by atoms with van der Waals surface area (Å²) in [6.45, 7) is 3.40. The topological polar surface area (TPSA) is 121 Å². The van der Waals surface area contributed by atoms with E-state index in [9.17, 15) is 14.4 Å². The minimum atomic E-state index is -1.19. The monoisotopic (exact) mass is 514 g/mol. The van der Waals surface area contributed by atoms with Crippen LogP contribution in [0.3, 0.4) is 0 Å². The molecule has 4 rings (SSSR count). The standard InChI is InChI=1S/C29H34N6O3/c1-29(2,30)28(38)33-24(19-11-6-5-7-12-19)26(36)32-22-17-20-13-10-15-23(34(3)4)25(20)35(27(22)37)18-21-14-8-9-16-31-21/h5-16,22,24H,17-18,30H2,1-4H3,(H,32,36)(H,33,38). The Bertz CT molecular complexity index is 1300. The van der Waals surface area contributed by atoms with Crippen LogP contribution in [0.1, 0.15) is 36.7 Å². The third kappa shape index (κ3) is 5.84. The number of rotatable bonds is 8. The van der Waals surface area contributed by atoms with E-state index in [2.05, 4.69) is 15.6 Å². The molecule has 3 amide bonds. The highest BCUT2D eigenvalue weighted by Crippen LogP contribution is 2.37. The maximum absolute atomic E-state index is 13.9. The van der Waals surface area contributed by atoms with Gasteiger partial charge in [-0.25, -0.2) is 0 Å². The molecule has 198 valence electrons. The molecule has 0 fully saturated rings. The van der Waals surface area contributed by atoms with E-state index in [0.29, 0.717) is 12.0 Å². The van der Waals surface area contributed by atoms with Crippen molar-refractivity contribution in [2.45, 2.75) is 44.4 Å². The highest BCUT2D eigenvalue weighted by molar-refractivity contribution is 6.05. The molecular weight excluding hydrogens is 480 g/mol. The van der Waals surface area contributed by atoms with Gasteiger partial charge in [0.2, 0.25) is 17.7 Å². The number of aromatic nitrogens is 1. The van der Waals surface area contributed by atoms with E-state index in [4.69, 9.17) is 5.73 Å².